The first-order valence-electron chi connectivity index (χ1n) is 8.39. The molecule has 114 valence electrons. The van der Waals surface area contributed by atoms with Crippen LogP contribution < -0.4 is 5.32 Å². The quantitative estimate of drug-likeness (QED) is 0.922. The summed E-state index contributed by atoms with van der Waals surface area (Å²) in [7, 11) is 0. The molecule has 1 aliphatic heterocycles. The topological polar surface area (TPSA) is 32.3 Å². The molecule has 1 unspecified atom stereocenters. The van der Waals surface area contributed by atoms with Crippen molar-refractivity contribution in [3.05, 3.63) is 35.9 Å². The summed E-state index contributed by atoms with van der Waals surface area (Å²) in [6.07, 6.45) is 8.13. The fourth-order valence-corrected chi connectivity index (χ4v) is 3.71. The molecule has 0 aromatic heterocycles. The number of benzene rings is 1. The molecule has 0 spiro atoms. The van der Waals surface area contributed by atoms with E-state index in [9.17, 15) is 4.79 Å². The zero-order valence-electron chi connectivity index (χ0n) is 12.8. The number of carbonyl (C=O) groups excluding carboxylic acids is 1. The highest BCUT2D eigenvalue weighted by molar-refractivity contribution is 5.94. The molecule has 1 aromatic carbocycles. The van der Waals surface area contributed by atoms with Crippen molar-refractivity contribution in [3.8, 4) is 0 Å². The van der Waals surface area contributed by atoms with Gasteiger partial charge in [-0.25, -0.2) is 0 Å². The van der Waals surface area contributed by atoms with Gasteiger partial charge in [0.1, 0.15) is 0 Å². The first-order valence-corrected chi connectivity index (χ1v) is 8.39. The summed E-state index contributed by atoms with van der Waals surface area (Å²) in [5, 5.41) is 3.18. The fourth-order valence-electron chi connectivity index (χ4n) is 3.71. The molecule has 1 heterocycles. The monoisotopic (exact) mass is 286 g/mol. The van der Waals surface area contributed by atoms with Crippen LogP contribution in [0, 0.1) is 5.92 Å². The van der Waals surface area contributed by atoms with E-state index in [1.807, 2.05) is 30.3 Å². The van der Waals surface area contributed by atoms with E-state index in [0.29, 0.717) is 6.04 Å². The molecule has 1 amide bonds. The van der Waals surface area contributed by atoms with Gasteiger partial charge in [0, 0.05) is 31.2 Å². The van der Waals surface area contributed by atoms with E-state index in [0.717, 1.165) is 31.0 Å². The number of nitrogens with zero attached hydrogens (tertiary/aromatic N) is 1. The van der Waals surface area contributed by atoms with Crippen molar-refractivity contribution in [2.45, 2.75) is 44.6 Å². The number of amides is 1. The third-order valence-corrected chi connectivity index (χ3v) is 4.88. The van der Waals surface area contributed by atoms with Gasteiger partial charge in [0.25, 0.3) is 5.91 Å². The first kappa shape index (κ1) is 14.6. The lowest BCUT2D eigenvalue weighted by Gasteiger charge is -2.26. The number of carbonyl (C=O) groups is 1. The molecule has 3 heteroatoms. The van der Waals surface area contributed by atoms with Gasteiger partial charge in [-0.3, -0.25) is 4.79 Å². The molecule has 1 saturated heterocycles. The standard InChI is InChI=1S/C18H26N2O/c21-18(16-9-5-2-6-10-16)19-17-11-12-20(14-17)13-15-7-3-1-4-8-15/h2,5-6,9-10,15,17H,1,3-4,7-8,11-14H2,(H,19,21). The molecule has 1 atom stereocenters. The maximum Gasteiger partial charge on any atom is 0.251 e. The summed E-state index contributed by atoms with van der Waals surface area (Å²) in [4.78, 5) is 14.7. The predicted molar refractivity (Wildman–Crippen MR) is 85.3 cm³/mol. The third kappa shape index (κ3) is 4.07. The molecule has 1 saturated carbocycles. The van der Waals surface area contributed by atoms with Crippen LogP contribution in [0.4, 0.5) is 0 Å². The summed E-state index contributed by atoms with van der Waals surface area (Å²) in [5.74, 6) is 0.961. The molecule has 3 rings (SSSR count). The van der Waals surface area contributed by atoms with E-state index in [1.54, 1.807) is 0 Å². The van der Waals surface area contributed by atoms with Crippen molar-refractivity contribution in [1.82, 2.24) is 10.2 Å². The Morgan fingerprint density at radius 3 is 2.62 bits per heavy atom. The lowest BCUT2D eigenvalue weighted by atomic mass is 9.89. The van der Waals surface area contributed by atoms with E-state index < -0.39 is 0 Å². The Labute approximate surface area is 127 Å². The Hall–Kier alpha value is -1.35. The van der Waals surface area contributed by atoms with Crippen LogP contribution in [-0.4, -0.2) is 36.5 Å². The fraction of sp³-hybridized carbons (Fsp3) is 0.611. The van der Waals surface area contributed by atoms with E-state index in [-0.39, 0.29) is 5.91 Å². The van der Waals surface area contributed by atoms with Crippen LogP contribution in [0.3, 0.4) is 0 Å². The zero-order chi connectivity index (χ0) is 14.5. The molecule has 21 heavy (non-hydrogen) atoms. The molecule has 1 aromatic rings. The Morgan fingerprint density at radius 1 is 1.10 bits per heavy atom. The smallest absolute Gasteiger partial charge is 0.251 e. The maximum atomic E-state index is 12.2. The number of likely N-dealkylation sites (tertiary alicyclic amines) is 1. The average Bonchev–Trinajstić information content (AvgIpc) is 2.96. The predicted octanol–water partition coefficient (Wildman–Crippen LogP) is 3.07. The van der Waals surface area contributed by atoms with E-state index in [1.165, 1.54) is 38.6 Å². The van der Waals surface area contributed by atoms with Gasteiger partial charge < -0.3 is 10.2 Å². The van der Waals surface area contributed by atoms with Crippen LogP contribution in [0.25, 0.3) is 0 Å². The zero-order valence-corrected chi connectivity index (χ0v) is 12.8. The molecule has 2 aliphatic rings. The lowest BCUT2D eigenvalue weighted by Crippen LogP contribution is -2.38. The molecule has 1 N–H and O–H groups in total. The lowest BCUT2D eigenvalue weighted by molar-refractivity contribution is 0.0937. The molecule has 3 nitrogen and oxygen atoms in total. The molecule has 0 radical (unpaired) electrons. The number of hydrogen-bond donors (Lipinski definition) is 1. The highest BCUT2D eigenvalue weighted by atomic mass is 16.1. The summed E-state index contributed by atoms with van der Waals surface area (Å²) in [6.45, 7) is 3.39. The maximum absolute atomic E-state index is 12.2. The SMILES string of the molecule is O=C(NC1CCN(CC2CCCCC2)C1)c1ccccc1. The second-order valence-corrected chi connectivity index (χ2v) is 6.59. The van der Waals surface area contributed by atoms with Crippen LogP contribution in [-0.2, 0) is 0 Å². The van der Waals surface area contributed by atoms with Crippen LogP contribution in [0.1, 0.15) is 48.9 Å². The summed E-state index contributed by atoms with van der Waals surface area (Å²) >= 11 is 0. The molecule has 1 aliphatic carbocycles. The van der Waals surface area contributed by atoms with Crippen molar-refractivity contribution in [1.29, 1.82) is 0 Å². The highest BCUT2D eigenvalue weighted by Gasteiger charge is 2.26. The van der Waals surface area contributed by atoms with E-state index in [4.69, 9.17) is 0 Å². The van der Waals surface area contributed by atoms with Gasteiger partial charge in [-0.05, 0) is 37.3 Å². The van der Waals surface area contributed by atoms with Crippen LogP contribution >= 0.6 is 0 Å². The minimum atomic E-state index is 0.0696. The Bertz CT molecular complexity index is 454. The Kier molecular flexibility index (Phi) is 4.91. The molecule has 0 bridgehead atoms. The van der Waals surface area contributed by atoms with Gasteiger partial charge in [-0.15, -0.1) is 0 Å². The van der Waals surface area contributed by atoms with Crippen molar-refractivity contribution >= 4 is 5.91 Å². The normalized spacial score (nSPS) is 24.1. The van der Waals surface area contributed by atoms with Crippen molar-refractivity contribution in [3.63, 3.8) is 0 Å². The van der Waals surface area contributed by atoms with Gasteiger partial charge in [-0.1, -0.05) is 37.5 Å². The Balaban J connectivity index is 1.45. The number of nitrogens with one attached hydrogen (secondary N) is 1. The van der Waals surface area contributed by atoms with Crippen molar-refractivity contribution < 1.29 is 4.79 Å². The summed E-state index contributed by atoms with van der Waals surface area (Å²) in [5.41, 5.74) is 0.767. The van der Waals surface area contributed by atoms with E-state index in [2.05, 4.69) is 10.2 Å². The average molecular weight is 286 g/mol. The second kappa shape index (κ2) is 7.08. The van der Waals surface area contributed by atoms with Crippen LogP contribution in [0.5, 0.6) is 0 Å². The first-order chi connectivity index (χ1) is 10.3. The molecular weight excluding hydrogens is 260 g/mol. The minimum absolute atomic E-state index is 0.0696. The van der Waals surface area contributed by atoms with Gasteiger partial charge in [-0.2, -0.15) is 0 Å². The molecule has 2 fully saturated rings. The van der Waals surface area contributed by atoms with E-state index >= 15 is 0 Å². The van der Waals surface area contributed by atoms with Gasteiger partial charge >= 0.3 is 0 Å². The number of hydrogen-bond acceptors (Lipinski definition) is 2. The highest BCUT2D eigenvalue weighted by Crippen LogP contribution is 2.25. The van der Waals surface area contributed by atoms with Gasteiger partial charge in [0.05, 0.1) is 0 Å². The van der Waals surface area contributed by atoms with Crippen molar-refractivity contribution in [2.75, 3.05) is 19.6 Å². The van der Waals surface area contributed by atoms with Crippen LogP contribution in [0.2, 0.25) is 0 Å². The summed E-state index contributed by atoms with van der Waals surface area (Å²) in [6, 6.07) is 9.85. The minimum Gasteiger partial charge on any atom is -0.348 e. The molecular formula is C18H26N2O. The number of rotatable bonds is 4. The van der Waals surface area contributed by atoms with Gasteiger partial charge in [0.15, 0.2) is 0 Å². The largest absolute Gasteiger partial charge is 0.348 e. The van der Waals surface area contributed by atoms with Gasteiger partial charge in [0.2, 0.25) is 0 Å². The third-order valence-electron chi connectivity index (χ3n) is 4.88. The van der Waals surface area contributed by atoms with Crippen molar-refractivity contribution in [2.24, 2.45) is 5.92 Å². The second-order valence-electron chi connectivity index (χ2n) is 6.59. The summed E-state index contributed by atoms with van der Waals surface area (Å²) < 4.78 is 0. The Morgan fingerprint density at radius 2 is 1.86 bits per heavy atom. The van der Waals surface area contributed by atoms with Crippen LogP contribution in [0.15, 0.2) is 30.3 Å².